The van der Waals surface area contributed by atoms with E-state index in [1.54, 1.807) is 29.4 Å². The molecule has 0 saturated heterocycles. The van der Waals surface area contributed by atoms with Gasteiger partial charge in [-0.2, -0.15) is 4.98 Å². The lowest BCUT2D eigenvalue weighted by Crippen LogP contribution is -2.12. The number of pyridine rings is 1. The van der Waals surface area contributed by atoms with Crippen LogP contribution in [0.25, 0.3) is 17.3 Å². The third-order valence-corrected chi connectivity index (χ3v) is 4.66. The van der Waals surface area contributed by atoms with Gasteiger partial charge in [-0.25, -0.2) is 9.97 Å². The van der Waals surface area contributed by atoms with Crippen LogP contribution in [0.5, 0.6) is 0 Å². The number of hydrogen-bond donors (Lipinski definition) is 1. The molecule has 0 radical (unpaired) electrons. The van der Waals surface area contributed by atoms with E-state index in [0.717, 1.165) is 12.1 Å². The number of amides is 1. The summed E-state index contributed by atoms with van der Waals surface area (Å²) in [5, 5.41) is 6.88. The van der Waals surface area contributed by atoms with Crippen molar-refractivity contribution in [1.82, 2.24) is 24.7 Å². The topological polar surface area (TPSA) is 98.7 Å². The van der Waals surface area contributed by atoms with E-state index in [9.17, 15) is 4.79 Å². The highest BCUT2D eigenvalue weighted by Crippen LogP contribution is 2.25. The fourth-order valence-electron chi connectivity index (χ4n) is 2.92. The molecule has 0 aliphatic carbocycles. The lowest BCUT2D eigenvalue weighted by Gasteiger charge is -2.05. The van der Waals surface area contributed by atoms with Crippen molar-refractivity contribution >= 4 is 11.6 Å². The van der Waals surface area contributed by atoms with Gasteiger partial charge < -0.3 is 9.84 Å². The Morgan fingerprint density at radius 2 is 1.97 bits per heavy atom. The molecule has 0 unspecified atom stereocenters. The summed E-state index contributed by atoms with van der Waals surface area (Å²) in [5.41, 5.74) is 2.87. The Morgan fingerprint density at radius 1 is 1.17 bits per heavy atom. The lowest BCUT2D eigenvalue weighted by atomic mass is 10.1. The zero-order chi connectivity index (χ0) is 21.1. The Morgan fingerprint density at radius 3 is 2.67 bits per heavy atom. The highest BCUT2D eigenvalue weighted by atomic mass is 16.5. The normalized spacial score (nSPS) is 11.1. The third kappa shape index (κ3) is 3.98. The van der Waals surface area contributed by atoms with Crippen LogP contribution in [-0.2, 0) is 6.42 Å². The summed E-state index contributed by atoms with van der Waals surface area (Å²) in [6, 6.07) is 11.4. The molecule has 0 spiro atoms. The average molecular weight is 402 g/mol. The Bertz CT molecular complexity index is 1160. The van der Waals surface area contributed by atoms with Crippen molar-refractivity contribution in [2.24, 2.45) is 0 Å². The molecule has 0 atom stereocenters. The number of hydrogen-bond acceptors (Lipinski definition) is 6. The highest BCUT2D eigenvalue weighted by Gasteiger charge is 2.18. The van der Waals surface area contributed by atoms with Crippen LogP contribution in [0.1, 0.15) is 48.6 Å². The van der Waals surface area contributed by atoms with Crippen LogP contribution in [0.2, 0.25) is 0 Å². The molecule has 3 aromatic heterocycles. The number of imidazole rings is 1. The van der Waals surface area contributed by atoms with Gasteiger partial charge in [-0.3, -0.25) is 9.36 Å². The fraction of sp³-hybridized carbons (Fsp3) is 0.227. The van der Waals surface area contributed by atoms with E-state index in [0.29, 0.717) is 23.1 Å². The summed E-state index contributed by atoms with van der Waals surface area (Å²) in [5.74, 6) is 1.40. The van der Waals surface area contributed by atoms with Crippen LogP contribution in [0.4, 0.5) is 5.69 Å². The summed E-state index contributed by atoms with van der Waals surface area (Å²) < 4.78 is 7.08. The summed E-state index contributed by atoms with van der Waals surface area (Å²) in [6.45, 7) is 6.08. The van der Waals surface area contributed by atoms with Crippen molar-refractivity contribution in [1.29, 1.82) is 0 Å². The number of nitrogens with one attached hydrogen (secondary N) is 1. The molecule has 1 N–H and O–H groups in total. The van der Waals surface area contributed by atoms with Crippen LogP contribution >= 0.6 is 0 Å². The molecule has 0 saturated carbocycles. The van der Waals surface area contributed by atoms with Crippen molar-refractivity contribution in [3.05, 3.63) is 72.2 Å². The monoisotopic (exact) mass is 402 g/mol. The average Bonchev–Trinajstić information content (AvgIpc) is 3.44. The Balaban J connectivity index is 1.58. The second-order valence-corrected chi connectivity index (χ2v) is 7.16. The number of carbonyl (C=O) groups is 1. The van der Waals surface area contributed by atoms with Gasteiger partial charge in [-0.1, -0.05) is 38.1 Å². The van der Waals surface area contributed by atoms with Crippen molar-refractivity contribution in [3.8, 4) is 17.3 Å². The van der Waals surface area contributed by atoms with Gasteiger partial charge in [0.15, 0.2) is 11.6 Å². The van der Waals surface area contributed by atoms with Gasteiger partial charge >= 0.3 is 0 Å². The van der Waals surface area contributed by atoms with E-state index in [1.807, 2.05) is 44.2 Å². The first-order valence-electron chi connectivity index (χ1n) is 9.78. The molecule has 4 aromatic rings. The Hall–Kier alpha value is -3.81. The standard InChI is InChI=1S/C22H22N6O2/c1-4-15-7-9-16(10-8-15)25-21(29)18-12-28(13-24-18)20-17(6-5-11-23-20)22-26-19(14(2)3)27-30-22/h5-14H,4H2,1-3H3,(H,25,29). The van der Waals surface area contributed by atoms with Gasteiger partial charge in [0.25, 0.3) is 11.8 Å². The first-order chi connectivity index (χ1) is 14.5. The summed E-state index contributed by atoms with van der Waals surface area (Å²) in [6.07, 6.45) is 5.78. The van der Waals surface area contributed by atoms with Gasteiger partial charge in [0.2, 0.25) is 0 Å². The molecule has 4 rings (SSSR count). The molecule has 1 amide bonds. The fourth-order valence-corrected chi connectivity index (χ4v) is 2.92. The summed E-state index contributed by atoms with van der Waals surface area (Å²) in [7, 11) is 0. The first-order valence-corrected chi connectivity index (χ1v) is 9.78. The number of rotatable bonds is 6. The van der Waals surface area contributed by atoms with Crippen LogP contribution in [0.15, 0.2) is 59.6 Å². The molecule has 3 heterocycles. The highest BCUT2D eigenvalue weighted by molar-refractivity contribution is 6.02. The molecule has 8 nitrogen and oxygen atoms in total. The minimum Gasteiger partial charge on any atom is -0.334 e. The number of aromatic nitrogens is 5. The zero-order valence-corrected chi connectivity index (χ0v) is 17.0. The van der Waals surface area contributed by atoms with Gasteiger partial charge in [-0.05, 0) is 36.2 Å². The number of nitrogens with zero attached hydrogens (tertiary/aromatic N) is 5. The van der Waals surface area contributed by atoms with Gasteiger partial charge in [0.1, 0.15) is 12.0 Å². The number of aryl methyl sites for hydroxylation is 1. The molecule has 30 heavy (non-hydrogen) atoms. The number of benzene rings is 1. The van der Waals surface area contributed by atoms with Crippen molar-refractivity contribution in [3.63, 3.8) is 0 Å². The van der Waals surface area contributed by atoms with E-state index >= 15 is 0 Å². The van der Waals surface area contributed by atoms with E-state index in [1.165, 1.54) is 5.56 Å². The zero-order valence-electron chi connectivity index (χ0n) is 17.0. The summed E-state index contributed by atoms with van der Waals surface area (Å²) >= 11 is 0. The van der Waals surface area contributed by atoms with Crippen LogP contribution in [-0.4, -0.2) is 30.6 Å². The van der Waals surface area contributed by atoms with Gasteiger partial charge in [0.05, 0.1) is 5.56 Å². The van der Waals surface area contributed by atoms with Crippen molar-refractivity contribution in [2.75, 3.05) is 5.32 Å². The first kappa shape index (κ1) is 19.5. The third-order valence-electron chi connectivity index (χ3n) is 4.66. The largest absolute Gasteiger partial charge is 0.334 e. The predicted octanol–water partition coefficient (Wildman–Crippen LogP) is 4.26. The number of carbonyl (C=O) groups excluding carboxylic acids is 1. The lowest BCUT2D eigenvalue weighted by molar-refractivity contribution is 0.102. The molecule has 0 aliphatic heterocycles. The maximum atomic E-state index is 12.6. The molecular weight excluding hydrogens is 380 g/mol. The maximum Gasteiger partial charge on any atom is 0.275 e. The summed E-state index contributed by atoms with van der Waals surface area (Å²) in [4.78, 5) is 25.7. The SMILES string of the molecule is CCc1ccc(NC(=O)c2cn(-c3ncccc3-c3nc(C(C)C)no3)cn2)cc1. The molecule has 8 heteroatoms. The molecule has 0 bridgehead atoms. The minimum atomic E-state index is -0.296. The predicted molar refractivity (Wildman–Crippen MR) is 113 cm³/mol. The van der Waals surface area contributed by atoms with Crippen molar-refractivity contribution in [2.45, 2.75) is 33.1 Å². The minimum absolute atomic E-state index is 0.151. The number of anilines is 1. The van der Waals surface area contributed by atoms with Gasteiger partial charge in [0, 0.05) is 24.0 Å². The molecule has 0 fully saturated rings. The Labute approximate surface area is 174 Å². The van der Waals surface area contributed by atoms with Crippen LogP contribution in [0.3, 0.4) is 0 Å². The van der Waals surface area contributed by atoms with Crippen LogP contribution in [0, 0.1) is 0 Å². The molecule has 0 aliphatic rings. The van der Waals surface area contributed by atoms with E-state index in [2.05, 4.69) is 32.3 Å². The molecular formula is C22H22N6O2. The second kappa shape index (κ2) is 8.28. The van der Waals surface area contributed by atoms with E-state index < -0.39 is 0 Å². The smallest absolute Gasteiger partial charge is 0.275 e. The Kier molecular flexibility index (Phi) is 5.38. The van der Waals surface area contributed by atoms with Crippen molar-refractivity contribution < 1.29 is 9.32 Å². The van der Waals surface area contributed by atoms with Crippen LogP contribution < -0.4 is 5.32 Å². The quantitative estimate of drug-likeness (QED) is 0.517. The van der Waals surface area contributed by atoms with E-state index in [4.69, 9.17) is 4.52 Å². The van der Waals surface area contributed by atoms with Gasteiger partial charge in [-0.15, -0.1) is 0 Å². The van der Waals surface area contributed by atoms with E-state index in [-0.39, 0.29) is 17.5 Å². The molecule has 1 aromatic carbocycles. The maximum absolute atomic E-state index is 12.6. The second-order valence-electron chi connectivity index (χ2n) is 7.16. The molecule has 152 valence electrons.